The van der Waals surface area contributed by atoms with Gasteiger partial charge in [-0.3, -0.25) is 0 Å². The van der Waals surface area contributed by atoms with Gasteiger partial charge in [0.2, 0.25) is 0 Å². The van der Waals surface area contributed by atoms with Crippen molar-refractivity contribution in [3.63, 3.8) is 0 Å². The molecule has 1 aromatic carbocycles. The van der Waals surface area contributed by atoms with Gasteiger partial charge in [0.25, 0.3) is 0 Å². The van der Waals surface area contributed by atoms with Crippen LogP contribution in [0.15, 0.2) is 24.3 Å². The van der Waals surface area contributed by atoms with Gasteiger partial charge in [0.05, 0.1) is 12.8 Å². The van der Waals surface area contributed by atoms with Gasteiger partial charge in [-0.2, -0.15) is 0 Å². The number of ether oxygens (including phenoxy) is 1. The maximum Gasteiger partial charge on any atom is 0.142 e. The van der Waals surface area contributed by atoms with Crippen LogP contribution in [0.2, 0.25) is 0 Å². The minimum atomic E-state index is 0.106. The normalized spacial score (nSPS) is 11.2. The summed E-state index contributed by atoms with van der Waals surface area (Å²) < 4.78 is 5.32. The largest absolute Gasteiger partial charge is 0.495 e. The number of para-hydroxylation sites is 2. The second-order valence-corrected chi connectivity index (χ2v) is 4.40. The smallest absolute Gasteiger partial charge is 0.142 e. The molecule has 0 spiro atoms. The molecule has 0 saturated heterocycles. The Hall–Kier alpha value is -1.18. The third-order valence-electron chi connectivity index (χ3n) is 2.45. The quantitative estimate of drug-likeness (QED) is 0.716. The van der Waals surface area contributed by atoms with Crippen molar-refractivity contribution < 1.29 is 4.74 Å². The van der Waals surface area contributed by atoms with Crippen LogP contribution >= 0.6 is 0 Å². The molecule has 2 heteroatoms. The van der Waals surface area contributed by atoms with Crippen LogP contribution in [0.5, 0.6) is 5.75 Å². The molecule has 0 saturated carbocycles. The molecular formula is C12H19NO. The molecule has 0 fully saturated rings. The highest BCUT2D eigenvalue weighted by Gasteiger charge is 2.19. The third kappa shape index (κ3) is 2.19. The van der Waals surface area contributed by atoms with Crippen LogP contribution in [0.1, 0.15) is 20.8 Å². The molecule has 78 valence electrons. The summed E-state index contributed by atoms with van der Waals surface area (Å²) in [5.74, 6) is 0.921. The highest BCUT2D eigenvalue weighted by molar-refractivity contribution is 5.59. The molecule has 1 aromatic rings. The first-order valence-corrected chi connectivity index (χ1v) is 4.83. The van der Waals surface area contributed by atoms with Crippen molar-refractivity contribution in [1.82, 2.24) is 0 Å². The predicted molar refractivity (Wildman–Crippen MR) is 61.2 cm³/mol. The zero-order valence-corrected chi connectivity index (χ0v) is 9.66. The number of hydrogen-bond acceptors (Lipinski definition) is 2. The van der Waals surface area contributed by atoms with E-state index >= 15 is 0 Å². The fourth-order valence-corrected chi connectivity index (χ4v) is 1.27. The van der Waals surface area contributed by atoms with Crippen LogP contribution in [0.25, 0.3) is 0 Å². The molecule has 0 heterocycles. The molecule has 0 aliphatic rings. The third-order valence-corrected chi connectivity index (χ3v) is 2.45. The van der Waals surface area contributed by atoms with Crippen LogP contribution in [0.4, 0.5) is 5.69 Å². The number of hydrogen-bond donors (Lipinski definition) is 0. The fraction of sp³-hybridized carbons (Fsp3) is 0.500. The first-order valence-electron chi connectivity index (χ1n) is 4.83. The summed E-state index contributed by atoms with van der Waals surface area (Å²) in [6.45, 7) is 6.54. The SMILES string of the molecule is COc1ccccc1N(C)C(C)(C)C. The maximum absolute atomic E-state index is 5.32. The lowest BCUT2D eigenvalue weighted by atomic mass is 10.1. The van der Waals surface area contributed by atoms with E-state index in [2.05, 4.69) is 38.8 Å². The first-order chi connectivity index (χ1) is 6.46. The lowest BCUT2D eigenvalue weighted by Crippen LogP contribution is -2.38. The highest BCUT2D eigenvalue weighted by atomic mass is 16.5. The van der Waals surface area contributed by atoms with Gasteiger partial charge in [-0.05, 0) is 32.9 Å². The first kappa shape index (κ1) is 10.9. The number of nitrogens with zero attached hydrogens (tertiary/aromatic N) is 1. The predicted octanol–water partition coefficient (Wildman–Crippen LogP) is 2.93. The van der Waals surface area contributed by atoms with Gasteiger partial charge >= 0.3 is 0 Å². The van der Waals surface area contributed by atoms with Crippen LogP contribution in [0, 0.1) is 0 Å². The average molecular weight is 193 g/mol. The van der Waals surface area contributed by atoms with Crippen molar-refractivity contribution in [1.29, 1.82) is 0 Å². The van der Waals surface area contributed by atoms with Crippen LogP contribution in [-0.2, 0) is 0 Å². The lowest BCUT2D eigenvalue weighted by molar-refractivity contribution is 0.410. The number of anilines is 1. The van der Waals surface area contributed by atoms with E-state index in [0.717, 1.165) is 11.4 Å². The minimum Gasteiger partial charge on any atom is -0.495 e. The molecule has 0 aromatic heterocycles. The molecule has 0 atom stereocenters. The summed E-state index contributed by atoms with van der Waals surface area (Å²) in [5.41, 5.74) is 1.23. The molecule has 0 radical (unpaired) electrons. The minimum absolute atomic E-state index is 0.106. The molecule has 2 nitrogen and oxygen atoms in total. The second-order valence-electron chi connectivity index (χ2n) is 4.40. The monoisotopic (exact) mass is 193 g/mol. The Morgan fingerprint density at radius 3 is 2.21 bits per heavy atom. The van der Waals surface area contributed by atoms with Crippen LogP contribution in [-0.4, -0.2) is 19.7 Å². The molecule has 1 rings (SSSR count). The Bertz CT molecular complexity index is 301. The number of methoxy groups -OCH3 is 1. The number of benzene rings is 1. The van der Waals surface area contributed by atoms with E-state index in [0.29, 0.717) is 0 Å². The Labute approximate surface area is 86.5 Å². The zero-order chi connectivity index (χ0) is 10.8. The molecule has 0 amide bonds. The Morgan fingerprint density at radius 2 is 1.71 bits per heavy atom. The van der Waals surface area contributed by atoms with Gasteiger partial charge in [0.1, 0.15) is 5.75 Å². The summed E-state index contributed by atoms with van der Waals surface area (Å²) in [4.78, 5) is 2.21. The summed E-state index contributed by atoms with van der Waals surface area (Å²) >= 11 is 0. The molecule has 0 bridgehead atoms. The van der Waals surface area contributed by atoms with E-state index in [1.807, 2.05) is 18.2 Å². The standard InChI is InChI=1S/C12H19NO/c1-12(2,3)13(4)10-8-6-7-9-11(10)14-5/h6-9H,1-5H3. The summed E-state index contributed by atoms with van der Waals surface area (Å²) in [5, 5.41) is 0. The second kappa shape index (κ2) is 3.91. The van der Waals surface area contributed by atoms with Crippen LogP contribution in [0.3, 0.4) is 0 Å². The fourth-order valence-electron chi connectivity index (χ4n) is 1.27. The number of rotatable bonds is 2. The molecular weight excluding hydrogens is 174 g/mol. The van der Waals surface area contributed by atoms with Gasteiger partial charge in [0, 0.05) is 12.6 Å². The van der Waals surface area contributed by atoms with Crippen LogP contribution < -0.4 is 9.64 Å². The summed E-state index contributed by atoms with van der Waals surface area (Å²) in [6.07, 6.45) is 0. The molecule has 0 N–H and O–H groups in total. The Balaban J connectivity index is 3.06. The van der Waals surface area contributed by atoms with E-state index in [4.69, 9.17) is 4.74 Å². The lowest BCUT2D eigenvalue weighted by Gasteiger charge is -2.34. The van der Waals surface area contributed by atoms with E-state index in [-0.39, 0.29) is 5.54 Å². The summed E-state index contributed by atoms with van der Waals surface area (Å²) in [7, 11) is 3.78. The highest BCUT2D eigenvalue weighted by Crippen LogP contribution is 2.30. The van der Waals surface area contributed by atoms with Gasteiger partial charge in [-0.25, -0.2) is 0 Å². The van der Waals surface area contributed by atoms with E-state index < -0.39 is 0 Å². The molecule has 0 unspecified atom stereocenters. The van der Waals surface area contributed by atoms with Crippen molar-refractivity contribution in [3.8, 4) is 5.75 Å². The van der Waals surface area contributed by atoms with Gasteiger partial charge in [0.15, 0.2) is 0 Å². The summed E-state index contributed by atoms with van der Waals surface area (Å²) in [6, 6.07) is 8.07. The van der Waals surface area contributed by atoms with Gasteiger partial charge in [-0.1, -0.05) is 12.1 Å². The van der Waals surface area contributed by atoms with Crippen molar-refractivity contribution in [2.24, 2.45) is 0 Å². The van der Waals surface area contributed by atoms with Gasteiger partial charge < -0.3 is 9.64 Å². The zero-order valence-electron chi connectivity index (χ0n) is 9.66. The van der Waals surface area contributed by atoms with E-state index in [1.54, 1.807) is 7.11 Å². The molecule has 14 heavy (non-hydrogen) atoms. The Kier molecular flexibility index (Phi) is 3.04. The molecule has 0 aliphatic carbocycles. The van der Waals surface area contributed by atoms with Crippen molar-refractivity contribution in [2.75, 3.05) is 19.1 Å². The molecule has 0 aliphatic heterocycles. The van der Waals surface area contributed by atoms with E-state index in [9.17, 15) is 0 Å². The Morgan fingerprint density at radius 1 is 1.14 bits per heavy atom. The topological polar surface area (TPSA) is 12.5 Å². The van der Waals surface area contributed by atoms with Crippen molar-refractivity contribution in [3.05, 3.63) is 24.3 Å². The average Bonchev–Trinajstić information content (AvgIpc) is 2.15. The van der Waals surface area contributed by atoms with Crippen molar-refractivity contribution in [2.45, 2.75) is 26.3 Å². The van der Waals surface area contributed by atoms with Crippen molar-refractivity contribution >= 4 is 5.69 Å². The maximum atomic E-state index is 5.32. The van der Waals surface area contributed by atoms with E-state index in [1.165, 1.54) is 0 Å². The van der Waals surface area contributed by atoms with Gasteiger partial charge in [-0.15, -0.1) is 0 Å².